The maximum atomic E-state index is 14.2. The maximum Gasteiger partial charge on any atom is 0.311 e. The first-order chi connectivity index (χ1) is 14.1. The van der Waals surface area contributed by atoms with E-state index < -0.39 is 29.4 Å². The number of aromatic nitrogens is 1. The number of hydrogen-bond donors (Lipinski definition) is 2. The summed E-state index contributed by atoms with van der Waals surface area (Å²) in [5, 5.41) is 20.6. The zero-order valence-electron chi connectivity index (χ0n) is 16.9. The number of rotatable bonds is 6. The van der Waals surface area contributed by atoms with Gasteiger partial charge in [0.2, 0.25) is 0 Å². The minimum Gasteiger partial charge on any atom is -0.505 e. The van der Waals surface area contributed by atoms with Crippen molar-refractivity contribution >= 4 is 34.4 Å². The molecular formula is C23H23ClFNO4. The number of phenolic OH excluding ortho intramolecular Hbond substituents is 1. The van der Waals surface area contributed by atoms with E-state index in [4.69, 9.17) is 11.6 Å². The van der Waals surface area contributed by atoms with E-state index in [2.05, 4.69) is 0 Å². The van der Waals surface area contributed by atoms with Gasteiger partial charge in [-0.1, -0.05) is 37.9 Å². The summed E-state index contributed by atoms with van der Waals surface area (Å²) >= 11 is 6.02. The lowest BCUT2D eigenvalue weighted by Crippen LogP contribution is -2.18. The van der Waals surface area contributed by atoms with Crippen LogP contribution in [0.4, 0.5) is 4.39 Å². The monoisotopic (exact) mass is 431 g/mol. The molecule has 5 nitrogen and oxygen atoms in total. The highest BCUT2D eigenvalue weighted by atomic mass is 35.5. The molecule has 0 fully saturated rings. The van der Waals surface area contributed by atoms with Gasteiger partial charge in [0.25, 0.3) is 5.91 Å². The number of benzene rings is 2. The molecule has 158 valence electrons. The van der Waals surface area contributed by atoms with Crippen LogP contribution < -0.4 is 0 Å². The topological polar surface area (TPSA) is 79.5 Å². The lowest BCUT2D eigenvalue weighted by atomic mass is 9.87. The van der Waals surface area contributed by atoms with Crippen molar-refractivity contribution in [2.24, 2.45) is 5.92 Å². The maximum absolute atomic E-state index is 14.2. The molecule has 0 amide bonds. The van der Waals surface area contributed by atoms with Crippen LogP contribution >= 0.6 is 11.6 Å². The fraction of sp³-hybridized carbons (Fsp3) is 0.304. The predicted molar refractivity (Wildman–Crippen MR) is 114 cm³/mol. The van der Waals surface area contributed by atoms with E-state index in [1.165, 1.54) is 16.7 Å². The van der Waals surface area contributed by atoms with Gasteiger partial charge in [0.1, 0.15) is 0 Å². The molecule has 1 unspecified atom stereocenters. The molecule has 0 bridgehead atoms. The van der Waals surface area contributed by atoms with Crippen LogP contribution in [0.1, 0.15) is 54.2 Å². The largest absolute Gasteiger partial charge is 0.505 e. The molecule has 2 aromatic carbocycles. The molecule has 1 aromatic heterocycles. The fourth-order valence-corrected chi connectivity index (χ4v) is 4.00. The number of phenols is 1. The highest BCUT2D eigenvalue weighted by Gasteiger charge is 2.31. The number of aromatic hydroxyl groups is 1. The Kier molecular flexibility index (Phi) is 6.17. The number of carbonyl (C=O) groups is 2. The van der Waals surface area contributed by atoms with Crippen LogP contribution in [0.5, 0.6) is 5.75 Å². The normalized spacial score (nSPS) is 13.4. The van der Waals surface area contributed by atoms with E-state index >= 15 is 0 Å². The molecule has 0 radical (unpaired) electrons. The van der Waals surface area contributed by atoms with E-state index in [0.717, 1.165) is 12.5 Å². The highest BCUT2D eigenvalue weighted by Crippen LogP contribution is 2.38. The zero-order valence-corrected chi connectivity index (χ0v) is 17.7. The number of carbonyl (C=O) groups excluding carboxylic acids is 1. The lowest BCUT2D eigenvalue weighted by molar-refractivity contribution is -0.139. The fourth-order valence-electron chi connectivity index (χ4n) is 3.81. The average molecular weight is 432 g/mol. The molecule has 3 aromatic rings. The molecule has 3 rings (SSSR count). The van der Waals surface area contributed by atoms with Crippen LogP contribution in [0.15, 0.2) is 36.4 Å². The lowest BCUT2D eigenvalue weighted by Gasteiger charge is -2.17. The first-order valence-corrected chi connectivity index (χ1v) is 10.1. The number of nitrogens with zero attached hydrogens (tertiary/aromatic N) is 1. The van der Waals surface area contributed by atoms with Gasteiger partial charge in [0.05, 0.1) is 11.4 Å². The first-order valence-electron chi connectivity index (χ1n) is 9.72. The second-order valence-corrected chi connectivity index (χ2v) is 8.05. The van der Waals surface area contributed by atoms with Gasteiger partial charge in [-0.15, -0.1) is 0 Å². The van der Waals surface area contributed by atoms with Crippen molar-refractivity contribution in [3.05, 3.63) is 64.1 Å². The molecule has 0 spiro atoms. The van der Waals surface area contributed by atoms with Crippen LogP contribution in [0.2, 0.25) is 5.02 Å². The van der Waals surface area contributed by atoms with Crippen LogP contribution in [0.25, 0.3) is 10.9 Å². The number of aliphatic carboxylic acids is 1. The van der Waals surface area contributed by atoms with Gasteiger partial charge in [-0.3, -0.25) is 14.2 Å². The van der Waals surface area contributed by atoms with E-state index in [1.807, 2.05) is 13.8 Å². The van der Waals surface area contributed by atoms with Gasteiger partial charge in [0, 0.05) is 27.7 Å². The molecule has 1 heterocycles. The summed E-state index contributed by atoms with van der Waals surface area (Å²) < 4.78 is 15.5. The van der Waals surface area contributed by atoms with Crippen LogP contribution in [-0.4, -0.2) is 26.7 Å². The molecule has 0 aliphatic heterocycles. The summed E-state index contributed by atoms with van der Waals surface area (Å²) in [5.41, 5.74) is 1.30. The Morgan fingerprint density at radius 2 is 1.93 bits per heavy atom. The molecule has 30 heavy (non-hydrogen) atoms. The third kappa shape index (κ3) is 3.92. The van der Waals surface area contributed by atoms with Gasteiger partial charge in [-0.05, 0) is 49.1 Å². The standard InChI is InChI=1S/C23H23ClFNO4/c1-4-12(2)8-17(23(29)30)21-13(3)26(19-11-18(25)20(27)10-16(19)21)22(28)14-6-5-7-15(24)9-14/h5-7,9-12,17,27H,4,8H2,1-3H3,(H,29,30)/t12?,17-/m1/s1. The van der Waals surface area contributed by atoms with E-state index in [9.17, 15) is 24.2 Å². The highest BCUT2D eigenvalue weighted by molar-refractivity contribution is 6.31. The van der Waals surface area contributed by atoms with Gasteiger partial charge in [-0.25, -0.2) is 4.39 Å². The average Bonchev–Trinajstić information content (AvgIpc) is 2.96. The van der Waals surface area contributed by atoms with Crippen molar-refractivity contribution in [2.45, 2.75) is 39.5 Å². The van der Waals surface area contributed by atoms with Gasteiger partial charge < -0.3 is 10.2 Å². The SMILES string of the molecule is CCC(C)C[C@@H](C(=O)O)c1c(C)n(C(=O)c2cccc(Cl)c2)c2cc(F)c(O)cc12. The van der Waals surface area contributed by atoms with Crippen molar-refractivity contribution in [3.8, 4) is 5.75 Å². The quantitative estimate of drug-likeness (QED) is 0.521. The van der Waals surface area contributed by atoms with E-state index in [-0.39, 0.29) is 17.0 Å². The van der Waals surface area contributed by atoms with Crippen LogP contribution in [0.3, 0.4) is 0 Å². The Labute approximate surface area is 178 Å². The second kappa shape index (κ2) is 8.48. The van der Waals surface area contributed by atoms with E-state index in [0.29, 0.717) is 28.1 Å². The molecule has 7 heteroatoms. The second-order valence-electron chi connectivity index (χ2n) is 7.61. The molecule has 2 N–H and O–H groups in total. The summed E-state index contributed by atoms with van der Waals surface area (Å²) in [5.74, 6) is -3.74. The molecule has 0 saturated carbocycles. The molecule has 2 atom stereocenters. The minimum absolute atomic E-state index is 0.126. The van der Waals surface area contributed by atoms with Crippen LogP contribution in [0, 0.1) is 18.7 Å². The van der Waals surface area contributed by atoms with Crippen molar-refractivity contribution in [1.29, 1.82) is 0 Å². The van der Waals surface area contributed by atoms with Gasteiger partial charge >= 0.3 is 5.97 Å². The summed E-state index contributed by atoms with van der Waals surface area (Å²) in [6, 6.07) is 8.61. The molecule has 0 saturated heterocycles. The molecule has 0 aliphatic carbocycles. The summed E-state index contributed by atoms with van der Waals surface area (Å²) in [4.78, 5) is 25.4. The smallest absolute Gasteiger partial charge is 0.311 e. The van der Waals surface area contributed by atoms with E-state index in [1.54, 1.807) is 25.1 Å². The Morgan fingerprint density at radius 1 is 1.23 bits per heavy atom. The Bertz CT molecular complexity index is 1140. The van der Waals surface area contributed by atoms with Crippen molar-refractivity contribution in [3.63, 3.8) is 0 Å². The Hall–Kier alpha value is -2.86. The summed E-state index contributed by atoms with van der Waals surface area (Å²) in [7, 11) is 0. The summed E-state index contributed by atoms with van der Waals surface area (Å²) in [6.45, 7) is 5.57. The van der Waals surface area contributed by atoms with Crippen molar-refractivity contribution in [2.75, 3.05) is 0 Å². The van der Waals surface area contributed by atoms with Gasteiger partial charge in [-0.2, -0.15) is 0 Å². The van der Waals surface area contributed by atoms with Crippen LogP contribution in [-0.2, 0) is 4.79 Å². The summed E-state index contributed by atoms with van der Waals surface area (Å²) in [6.07, 6.45) is 1.15. The Morgan fingerprint density at radius 3 is 2.53 bits per heavy atom. The number of halogens is 2. The van der Waals surface area contributed by atoms with Crippen molar-refractivity contribution in [1.82, 2.24) is 4.57 Å². The zero-order chi connectivity index (χ0) is 22.2. The Balaban J connectivity index is 2.31. The third-order valence-corrected chi connectivity index (χ3v) is 5.81. The minimum atomic E-state index is -1.03. The van der Waals surface area contributed by atoms with Gasteiger partial charge in [0.15, 0.2) is 11.6 Å². The molecule has 0 aliphatic rings. The predicted octanol–water partition coefficient (Wildman–Crippen LogP) is 5.74. The number of fused-ring (bicyclic) bond motifs is 1. The number of hydrogen-bond acceptors (Lipinski definition) is 3. The number of carboxylic acid groups (broad SMARTS) is 1. The number of carboxylic acids is 1. The first kappa shape index (κ1) is 21.8. The molecular weight excluding hydrogens is 409 g/mol. The third-order valence-electron chi connectivity index (χ3n) is 5.58. The van der Waals surface area contributed by atoms with Crippen molar-refractivity contribution < 1.29 is 24.2 Å².